The van der Waals surface area contributed by atoms with E-state index in [1.54, 1.807) is 0 Å². The minimum absolute atomic E-state index is 0.00462. The van der Waals surface area contributed by atoms with Crippen LogP contribution in [0.5, 0.6) is 0 Å². The monoisotopic (exact) mass is 274 g/mol. The second-order valence-electron chi connectivity index (χ2n) is 6.49. The molecule has 3 atom stereocenters. The predicted octanol–water partition coefficient (Wildman–Crippen LogP) is 3.59. The van der Waals surface area contributed by atoms with Crippen molar-refractivity contribution in [3.8, 4) is 0 Å². The molecule has 1 heterocycles. The molecule has 2 aliphatic carbocycles. The van der Waals surface area contributed by atoms with Gasteiger partial charge in [-0.3, -0.25) is 4.79 Å². The summed E-state index contributed by atoms with van der Waals surface area (Å²) >= 11 is 0. The van der Waals surface area contributed by atoms with E-state index in [0.29, 0.717) is 5.92 Å². The topological polar surface area (TPSA) is 39.4 Å². The lowest BCUT2D eigenvalue weighted by molar-refractivity contribution is -0.151. The Kier molecular flexibility index (Phi) is 3.03. The SMILES string of the molecule is CC(=O)O[C@H]1CC=C2Cc3occ(C)c3C[C@]2(C)[C@H]1C. The summed E-state index contributed by atoms with van der Waals surface area (Å²) in [5.74, 6) is 1.26. The molecular weight excluding hydrogens is 252 g/mol. The van der Waals surface area contributed by atoms with Crippen LogP contribution in [0.1, 0.15) is 44.1 Å². The van der Waals surface area contributed by atoms with Crippen molar-refractivity contribution in [1.29, 1.82) is 0 Å². The fourth-order valence-electron chi connectivity index (χ4n) is 3.76. The molecule has 0 saturated carbocycles. The summed E-state index contributed by atoms with van der Waals surface area (Å²) in [5, 5.41) is 0. The fraction of sp³-hybridized carbons (Fsp3) is 0.588. The molecular formula is C17H22O3. The predicted molar refractivity (Wildman–Crippen MR) is 76.4 cm³/mol. The zero-order valence-electron chi connectivity index (χ0n) is 12.7. The first-order chi connectivity index (χ1) is 9.41. The Labute approximate surface area is 120 Å². The van der Waals surface area contributed by atoms with Crippen LogP contribution < -0.4 is 0 Å². The lowest BCUT2D eigenvalue weighted by Gasteiger charge is -2.46. The summed E-state index contributed by atoms with van der Waals surface area (Å²) in [4.78, 5) is 11.3. The summed E-state index contributed by atoms with van der Waals surface area (Å²) < 4.78 is 11.2. The van der Waals surface area contributed by atoms with E-state index in [1.807, 2.05) is 6.26 Å². The molecule has 3 nitrogen and oxygen atoms in total. The molecule has 0 radical (unpaired) electrons. The molecule has 0 saturated heterocycles. The number of furan rings is 1. The number of fused-ring (bicyclic) bond motifs is 2. The molecule has 1 aromatic heterocycles. The van der Waals surface area contributed by atoms with Crippen molar-refractivity contribution >= 4 is 5.97 Å². The largest absolute Gasteiger partial charge is 0.468 e. The molecule has 0 fully saturated rings. The van der Waals surface area contributed by atoms with Crippen LogP contribution in [0.3, 0.4) is 0 Å². The summed E-state index contributed by atoms with van der Waals surface area (Å²) in [6.07, 6.45) is 6.82. The van der Waals surface area contributed by atoms with Crippen LogP contribution in [0.25, 0.3) is 0 Å². The molecule has 20 heavy (non-hydrogen) atoms. The van der Waals surface area contributed by atoms with Crippen LogP contribution in [-0.4, -0.2) is 12.1 Å². The second-order valence-corrected chi connectivity index (χ2v) is 6.49. The molecule has 108 valence electrons. The first kappa shape index (κ1) is 13.5. The quantitative estimate of drug-likeness (QED) is 0.580. The minimum atomic E-state index is -0.182. The summed E-state index contributed by atoms with van der Waals surface area (Å²) in [6, 6.07) is 0. The third kappa shape index (κ3) is 1.91. The van der Waals surface area contributed by atoms with Gasteiger partial charge in [-0.25, -0.2) is 0 Å². The maximum Gasteiger partial charge on any atom is 0.302 e. The maximum atomic E-state index is 11.3. The van der Waals surface area contributed by atoms with Crippen LogP contribution in [-0.2, 0) is 22.4 Å². The van der Waals surface area contributed by atoms with Gasteiger partial charge >= 0.3 is 5.97 Å². The molecule has 0 amide bonds. The van der Waals surface area contributed by atoms with E-state index in [4.69, 9.17) is 9.15 Å². The Morgan fingerprint density at radius 1 is 1.50 bits per heavy atom. The highest BCUT2D eigenvalue weighted by molar-refractivity contribution is 5.66. The number of ether oxygens (including phenoxy) is 1. The average molecular weight is 274 g/mol. The third-order valence-corrected chi connectivity index (χ3v) is 5.30. The van der Waals surface area contributed by atoms with Gasteiger partial charge in [0.2, 0.25) is 0 Å². The van der Waals surface area contributed by atoms with Crippen molar-refractivity contribution in [1.82, 2.24) is 0 Å². The summed E-state index contributed by atoms with van der Waals surface area (Å²) in [6.45, 7) is 8.11. The van der Waals surface area contributed by atoms with Gasteiger partial charge in [0.15, 0.2) is 0 Å². The Balaban J connectivity index is 1.96. The molecule has 0 spiro atoms. The molecule has 0 N–H and O–H groups in total. The molecule has 0 aromatic carbocycles. The number of hydrogen-bond donors (Lipinski definition) is 0. The fourth-order valence-corrected chi connectivity index (χ4v) is 3.76. The van der Waals surface area contributed by atoms with Crippen molar-refractivity contribution in [2.45, 2.75) is 53.1 Å². The highest BCUT2D eigenvalue weighted by atomic mass is 16.5. The molecule has 1 aromatic rings. The number of rotatable bonds is 1. The molecule has 2 aliphatic rings. The van der Waals surface area contributed by atoms with Crippen LogP contribution >= 0.6 is 0 Å². The van der Waals surface area contributed by atoms with E-state index in [1.165, 1.54) is 23.6 Å². The second kappa shape index (κ2) is 4.51. The molecule has 3 rings (SSSR count). The average Bonchev–Trinajstić information content (AvgIpc) is 2.73. The van der Waals surface area contributed by atoms with Gasteiger partial charge in [-0.15, -0.1) is 0 Å². The van der Waals surface area contributed by atoms with E-state index < -0.39 is 0 Å². The van der Waals surface area contributed by atoms with Gasteiger partial charge in [0.25, 0.3) is 0 Å². The Morgan fingerprint density at radius 2 is 2.25 bits per heavy atom. The number of esters is 1. The van der Waals surface area contributed by atoms with Crippen LogP contribution in [0, 0.1) is 18.3 Å². The van der Waals surface area contributed by atoms with Gasteiger partial charge in [-0.05, 0) is 29.9 Å². The first-order valence-electron chi connectivity index (χ1n) is 7.34. The smallest absolute Gasteiger partial charge is 0.302 e. The summed E-state index contributed by atoms with van der Waals surface area (Å²) in [7, 11) is 0. The Morgan fingerprint density at radius 3 is 2.95 bits per heavy atom. The van der Waals surface area contributed by atoms with Crippen LogP contribution in [0.15, 0.2) is 22.3 Å². The zero-order chi connectivity index (χ0) is 14.5. The van der Waals surface area contributed by atoms with Gasteiger partial charge in [-0.2, -0.15) is 0 Å². The van der Waals surface area contributed by atoms with Gasteiger partial charge in [0.1, 0.15) is 11.9 Å². The van der Waals surface area contributed by atoms with E-state index >= 15 is 0 Å². The Hall–Kier alpha value is -1.51. The number of aryl methyl sites for hydroxylation is 1. The maximum absolute atomic E-state index is 11.3. The standard InChI is InChI=1S/C17H22O3/c1-10-9-19-16-7-13-5-6-15(20-12(3)18)11(2)17(13,4)8-14(10)16/h5,9,11,15H,6-8H2,1-4H3/t11-,15-,17+/m0/s1. The molecule has 0 aliphatic heterocycles. The number of carbonyl (C=O) groups is 1. The highest BCUT2D eigenvalue weighted by Gasteiger charge is 2.46. The van der Waals surface area contributed by atoms with E-state index in [9.17, 15) is 4.79 Å². The van der Waals surface area contributed by atoms with Crippen molar-refractivity contribution < 1.29 is 13.9 Å². The lowest BCUT2D eigenvalue weighted by Crippen LogP contribution is -2.44. The van der Waals surface area contributed by atoms with Crippen LogP contribution in [0.4, 0.5) is 0 Å². The van der Waals surface area contributed by atoms with Gasteiger partial charge in [0.05, 0.1) is 6.26 Å². The highest BCUT2D eigenvalue weighted by Crippen LogP contribution is 2.50. The zero-order valence-corrected chi connectivity index (χ0v) is 12.7. The van der Waals surface area contributed by atoms with Crippen molar-refractivity contribution in [3.05, 3.63) is 34.8 Å². The third-order valence-electron chi connectivity index (χ3n) is 5.30. The number of carbonyl (C=O) groups excluding carboxylic acids is 1. The molecule has 0 bridgehead atoms. The minimum Gasteiger partial charge on any atom is -0.468 e. The van der Waals surface area contributed by atoms with Crippen molar-refractivity contribution in [3.63, 3.8) is 0 Å². The lowest BCUT2D eigenvalue weighted by atomic mass is 9.59. The van der Waals surface area contributed by atoms with Crippen LogP contribution in [0.2, 0.25) is 0 Å². The van der Waals surface area contributed by atoms with Gasteiger partial charge in [0, 0.05) is 25.7 Å². The van der Waals surface area contributed by atoms with Gasteiger partial charge < -0.3 is 9.15 Å². The van der Waals surface area contributed by atoms with Crippen molar-refractivity contribution in [2.24, 2.45) is 11.3 Å². The molecule has 3 heteroatoms. The first-order valence-corrected chi connectivity index (χ1v) is 7.34. The normalized spacial score (nSPS) is 32.1. The molecule has 0 unspecified atom stereocenters. The van der Waals surface area contributed by atoms with E-state index in [-0.39, 0.29) is 17.5 Å². The van der Waals surface area contributed by atoms with E-state index in [2.05, 4.69) is 26.8 Å². The summed E-state index contributed by atoms with van der Waals surface area (Å²) in [5.41, 5.74) is 4.09. The number of hydrogen-bond acceptors (Lipinski definition) is 3. The number of allylic oxidation sites excluding steroid dienone is 1. The van der Waals surface area contributed by atoms with Crippen molar-refractivity contribution in [2.75, 3.05) is 0 Å². The Bertz CT molecular complexity index is 581. The van der Waals surface area contributed by atoms with Gasteiger partial charge in [-0.1, -0.05) is 25.5 Å². The van der Waals surface area contributed by atoms with E-state index in [0.717, 1.165) is 25.0 Å².